The van der Waals surface area contributed by atoms with E-state index in [2.05, 4.69) is 57.3 Å². The van der Waals surface area contributed by atoms with Gasteiger partial charge in [-0.1, -0.05) is 99.5 Å². The first-order chi connectivity index (χ1) is 24.7. The fourth-order valence-corrected chi connectivity index (χ4v) is 9.46. The number of nitrogens with zero attached hydrogens (tertiary/aromatic N) is 4. The first kappa shape index (κ1) is 35.2. The van der Waals surface area contributed by atoms with Crippen molar-refractivity contribution in [1.29, 1.82) is 0 Å². The quantitative estimate of drug-likeness (QED) is 0.0644. The Labute approximate surface area is 304 Å². The van der Waals surface area contributed by atoms with Gasteiger partial charge in [0.05, 0.1) is 36.8 Å². The van der Waals surface area contributed by atoms with Gasteiger partial charge in [-0.25, -0.2) is 4.98 Å². The lowest BCUT2D eigenvalue weighted by Crippen LogP contribution is -2.43. The average Bonchev–Trinajstić information content (AvgIpc) is 3.11. The van der Waals surface area contributed by atoms with Crippen LogP contribution in [0.3, 0.4) is 0 Å². The van der Waals surface area contributed by atoms with Gasteiger partial charge in [-0.3, -0.25) is 18.7 Å². The van der Waals surface area contributed by atoms with Crippen molar-refractivity contribution in [3.8, 4) is 28.5 Å². The van der Waals surface area contributed by atoms with Gasteiger partial charge in [0.1, 0.15) is 0 Å². The fraction of sp³-hybridized carbons (Fsp3) is 0.429. The summed E-state index contributed by atoms with van der Waals surface area (Å²) in [6.45, 7) is 16.1. The molecule has 0 aliphatic heterocycles. The Morgan fingerprint density at radius 1 is 0.863 bits per heavy atom. The SMILES string of the molecule is C=CCn1c(OCC)nc2c(c1=O)C1(CCCCC1)Cc1c(COCCSc3nc4c(c(=O)n3CC=C)C(C)(C)Cc3ccccc3-4)cccc1-2. The zero-order valence-electron chi connectivity index (χ0n) is 30.1. The summed E-state index contributed by atoms with van der Waals surface area (Å²) in [7, 11) is 0. The second-order valence-corrected chi connectivity index (χ2v) is 15.7. The molecule has 2 aromatic carbocycles. The smallest absolute Gasteiger partial charge is 0.300 e. The van der Waals surface area contributed by atoms with E-state index in [0.29, 0.717) is 49.8 Å². The van der Waals surface area contributed by atoms with E-state index >= 15 is 0 Å². The Morgan fingerprint density at radius 3 is 2.33 bits per heavy atom. The van der Waals surface area contributed by atoms with Crippen molar-refractivity contribution in [2.24, 2.45) is 0 Å². The maximum atomic E-state index is 14.2. The molecule has 0 bridgehead atoms. The van der Waals surface area contributed by atoms with Crippen molar-refractivity contribution in [2.45, 2.75) is 101 Å². The number of allylic oxidation sites excluding steroid dienone is 2. The van der Waals surface area contributed by atoms with Crippen LogP contribution in [0, 0.1) is 0 Å². The van der Waals surface area contributed by atoms with Gasteiger partial charge >= 0.3 is 0 Å². The number of ether oxygens (including phenoxy) is 2. The summed E-state index contributed by atoms with van der Waals surface area (Å²) in [4.78, 5) is 38.4. The lowest BCUT2D eigenvalue weighted by molar-refractivity contribution is 0.135. The van der Waals surface area contributed by atoms with Crippen molar-refractivity contribution < 1.29 is 9.47 Å². The van der Waals surface area contributed by atoms with Crippen molar-refractivity contribution in [3.05, 3.63) is 116 Å². The molecular weight excluding hydrogens is 657 g/mol. The van der Waals surface area contributed by atoms with Gasteiger partial charge in [-0.15, -0.1) is 13.2 Å². The van der Waals surface area contributed by atoms with E-state index in [4.69, 9.17) is 19.4 Å². The summed E-state index contributed by atoms with van der Waals surface area (Å²) in [6, 6.07) is 14.9. The molecule has 7 rings (SSSR count). The van der Waals surface area contributed by atoms with Gasteiger partial charge in [0.2, 0.25) is 0 Å². The number of aromatic nitrogens is 4. The molecular formula is C42H48N4O4S. The molecule has 8 nitrogen and oxygen atoms in total. The van der Waals surface area contributed by atoms with Gasteiger partial charge in [0.15, 0.2) is 5.16 Å². The standard InChI is InChI=1S/C42H48N4O4S/c1-6-21-45-38(48)34-36(43-39(45)50-8-3)31-18-14-16-29(32(31)26-42(34)19-12-9-13-20-42)27-49-23-24-51-40-44-35-30-17-11-10-15-28(30)25-41(4,5)33(35)37(47)46(40)22-7-2/h6-7,10-11,14-18H,1-2,8-9,12-13,19-27H2,3-5H3. The Kier molecular flexibility index (Phi) is 9.96. The summed E-state index contributed by atoms with van der Waals surface area (Å²) in [5.74, 6) is 0.636. The lowest BCUT2D eigenvalue weighted by atomic mass is 9.62. The zero-order chi connectivity index (χ0) is 35.8. The van der Waals surface area contributed by atoms with Crippen LogP contribution in [-0.2, 0) is 48.1 Å². The fourth-order valence-electron chi connectivity index (χ4n) is 8.60. The van der Waals surface area contributed by atoms with Crippen LogP contribution in [0.4, 0.5) is 0 Å². The van der Waals surface area contributed by atoms with Crippen LogP contribution in [-0.4, -0.2) is 38.1 Å². The number of thioether (sulfide) groups is 1. The highest BCUT2D eigenvalue weighted by Crippen LogP contribution is 2.50. The molecule has 266 valence electrons. The zero-order valence-corrected chi connectivity index (χ0v) is 30.9. The Morgan fingerprint density at radius 2 is 1.57 bits per heavy atom. The largest absolute Gasteiger partial charge is 0.465 e. The van der Waals surface area contributed by atoms with E-state index in [1.807, 2.05) is 19.1 Å². The number of hydrogen-bond acceptors (Lipinski definition) is 7. The molecule has 51 heavy (non-hydrogen) atoms. The minimum atomic E-state index is -0.323. The van der Waals surface area contributed by atoms with Crippen molar-refractivity contribution in [2.75, 3.05) is 19.0 Å². The van der Waals surface area contributed by atoms with Crippen molar-refractivity contribution in [1.82, 2.24) is 19.1 Å². The second kappa shape index (κ2) is 14.4. The van der Waals surface area contributed by atoms with Crippen molar-refractivity contribution in [3.63, 3.8) is 0 Å². The minimum Gasteiger partial charge on any atom is -0.465 e. The molecule has 4 aromatic rings. The predicted molar refractivity (Wildman–Crippen MR) is 205 cm³/mol. The first-order valence-electron chi connectivity index (χ1n) is 18.3. The van der Waals surface area contributed by atoms with E-state index < -0.39 is 0 Å². The van der Waals surface area contributed by atoms with Gasteiger partial charge in [-0.05, 0) is 49.3 Å². The summed E-state index contributed by atoms with van der Waals surface area (Å²) >= 11 is 1.55. The molecule has 1 fully saturated rings. The Hall–Kier alpha value is -4.21. The molecule has 0 radical (unpaired) electrons. The normalized spacial score (nSPS) is 16.5. The number of hydrogen-bond donors (Lipinski definition) is 0. The third kappa shape index (κ3) is 6.33. The molecule has 1 spiro atoms. The molecule has 3 aliphatic rings. The van der Waals surface area contributed by atoms with Gasteiger partial charge in [-0.2, -0.15) is 4.98 Å². The highest BCUT2D eigenvalue weighted by molar-refractivity contribution is 7.99. The van der Waals surface area contributed by atoms with Crippen LogP contribution in [0.15, 0.2) is 82.5 Å². The molecule has 2 aromatic heterocycles. The Bertz CT molecular complexity index is 2110. The van der Waals surface area contributed by atoms with Gasteiger partial charge < -0.3 is 9.47 Å². The molecule has 0 unspecified atom stereocenters. The van der Waals surface area contributed by atoms with E-state index in [0.717, 1.165) is 77.7 Å². The van der Waals surface area contributed by atoms with Gasteiger partial charge in [0, 0.05) is 46.4 Å². The lowest BCUT2D eigenvalue weighted by Gasteiger charge is -2.42. The predicted octanol–water partition coefficient (Wildman–Crippen LogP) is 7.81. The van der Waals surface area contributed by atoms with E-state index in [-0.39, 0.29) is 21.9 Å². The van der Waals surface area contributed by atoms with E-state index in [1.165, 1.54) is 17.5 Å². The summed E-state index contributed by atoms with van der Waals surface area (Å²) in [5.41, 5.74) is 8.18. The topological polar surface area (TPSA) is 88.2 Å². The third-order valence-electron chi connectivity index (χ3n) is 10.8. The first-order valence-corrected chi connectivity index (χ1v) is 19.3. The van der Waals surface area contributed by atoms with Crippen LogP contribution in [0.5, 0.6) is 6.01 Å². The maximum absolute atomic E-state index is 14.2. The van der Waals surface area contributed by atoms with Crippen LogP contribution < -0.4 is 15.9 Å². The highest BCUT2D eigenvalue weighted by atomic mass is 32.2. The number of rotatable bonds is 12. The van der Waals surface area contributed by atoms with Gasteiger partial charge in [0.25, 0.3) is 17.1 Å². The summed E-state index contributed by atoms with van der Waals surface area (Å²) in [5, 5.41) is 0.681. The molecule has 0 atom stereocenters. The molecule has 1 saturated carbocycles. The molecule has 0 amide bonds. The molecule has 3 aliphatic carbocycles. The Balaban J connectivity index is 1.15. The van der Waals surface area contributed by atoms with Crippen LogP contribution in [0.25, 0.3) is 22.5 Å². The van der Waals surface area contributed by atoms with E-state index in [9.17, 15) is 9.59 Å². The third-order valence-corrected chi connectivity index (χ3v) is 11.8. The van der Waals surface area contributed by atoms with Crippen LogP contribution in [0.1, 0.15) is 80.7 Å². The number of fused-ring (bicyclic) bond motifs is 7. The average molecular weight is 705 g/mol. The highest BCUT2D eigenvalue weighted by Gasteiger charge is 2.44. The monoisotopic (exact) mass is 704 g/mol. The molecule has 2 heterocycles. The van der Waals surface area contributed by atoms with E-state index in [1.54, 1.807) is 33.0 Å². The number of benzene rings is 2. The molecule has 9 heteroatoms. The second-order valence-electron chi connectivity index (χ2n) is 14.7. The minimum absolute atomic E-state index is 0.00709. The van der Waals surface area contributed by atoms with Crippen LogP contribution in [0.2, 0.25) is 0 Å². The summed E-state index contributed by atoms with van der Waals surface area (Å²) < 4.78 is 15.7. The summed E-state index contributed by atoms with van der Waals surface area (Å²) in [6.07, 6.45) is 10.4. The van der Waals surface area contributed by atoms with Crippen LogP contribution >= 0.6 is 11.8 Å². The van der Waals surface area contributed by atoms with Crippen molar-refractivity contribution >= 4 is 11.8 Å². The molecule has 0 N–H and O–H groups in total. The molecule has 0 saturated heterocycles. The maximum Gasteiger partial charge on any atom is 0.300 e.